The first kappa shape index (κ1) is 22.7. The summed E-state index contributed by atoms with van der Waals surface area (Å²) in [5.41, 5.74) is 12.8. The third-order valence-corrected chi connectivity index (χ3v) is 4.83. The van der Waals surface area contributed by atoms with Crippen molar-refractivity contribution in [2.45, 2.75) is 20.0 Å². The fourth-order valence-electron chi connectivity index (χ4n) is 2.98. The molecule has 0 unspecified atom stereocenters. The minimum Gasteiger partial charge on any atom is -0.468 e. The summed E-state index contributed by atoms with van der Waals surface area (Å²) in [5, 5.41) is 5.04. The van der Waals surface area contributed by atoms with Crippen LogP contribution in [0.2, 0.25) is 5.15 Å². The summed E-state index contributed by atoms with van der Waals surface area (Å²) < 4.78 is 6.36. The zero-order valence-corrected chi connectivity index (χ0v) is 18.1. The fraction of sp³-hybridized carbons (Fsp3) is 0.263. The molecule has 0 aliphatic rings. The molecule has 2 amide bonds. The van der Waals surface area contributed by atoms with E-state index >= 15 is 0 Å². The van der Waals surface area contributed by atoms with Gasteiger partial charge in [-0.2, -0.15) is 0 Å². The highest BCUT2D eigenvalue weighted by molar-refractivity contribution is 6.31. The molecule has 3 rings (SSSR count). The van der Waals surface area contributed by atoms with Crippen molar-refractivity contribution in [1.29, 1.82) is 0 Å². The van der Waals surface area contributed by atoms with E-state index in [1.54, 1.807) is 18.2 Å². The summed E-state index contributed by atoms with van der Waals surface area (Å²) in [6.45, 7) is 2.26. The molecule has 2 heterocycles. The predicted molar refractivity (Wildman–Crippen MR) is 117 cm³/mol. The first-order valence-corrected chi connectivity index (χ1v) is 9.83. The lowest BCUT2D eigenvalue weighted by atomic mass is 10.2. The number of nitrogens with two attached hydrogens (primary N) is 2. The topological polar surface area (TPSA) is 180 Å². The van der Waals surface area contributed by atoms with Gasteiger partial charge in [0.25, 0.3) is 11.8 Å². The van der Waals surface area contributed by atoms with Gasteiger partial charge in [-0.1, -0.05) is 11.6 Å². The third-order valence-electron chi connectivity index (χ3n) is 4.55. The van der Waals surface area contributed by atoms with Crippen molar-refractivity contribution < 1.29 is 19.1 Å². The maximum absolute atomic E-state index is 12.5. The van der Waals surface area contributed by atoms with Gasteiger partial charge in [0, 0.05) is 12.1 Å². The molecule has 0 spiro atoms. The summed E-state index contributed by atoms with van der Waals surface area (Å²) in [6, 6.07) is 4.94. The number of methoxy groups -OCH3 is 1. The Morgan fingerprint density at radius 1 is 1.09 bits per heavy atom. The molecule has 0 saturated heterocycles. The summed E-state index contributed by atoms with van der Waals surface area (Å²) in [6.07, 6.45) is 0. The number of ether oxygens (including phenoxy) is 1. The van der Waals surface area contributed by atoms with Crippen LogP contribution in [0.1, 0.15) is 33.6 Å². The number of anilines is 2. The van der Waals surface area contributed by atoms with Gasteiger partial charge in [0.1, 0.15) is 12.4 Å². The quantitative estimate of drug-likeness (QED) is 0.365. The Morgan fingerprint density at radius 2 is 1.84 bits per heavy atom. The molecule has 0 bridgehead atoms. The van der Waals surface area contributed by atoms with E-state index in [2.05, 4.69) is 30.3 Å². The van der Waals surface area contributed by atoms with Crippen molar-refractivity contribution in [2.24, 2.45) is 0 Å². The number of aromatic nitrogens is 4. The van der Waals surface area contributed by atoms with Gasteiger partial charge >= 0.3 is 5.97 Å². The number of nitrogen functional groups attached to an aromatic ring is 2. The molecule has 2 aromatic heterocycles. The average molecular weight is 461 g/mol. The number of benzene rings is 1. The molecule has 0 atom stereocenters. The minimum atomic E-state index is -0.588. The number of hydrogen-bond donors (Lipinski definition) is 4. The number of imidazole rings is 1. The number of esters is 1. The highest BCUT2D eigenvalue weighted by atomic mass is 35.5. The van der Waals surface area contributed by atoms with Crippen molar-refractivity contribution in [2.75, 3.05) is 25.1 Å². The second kappa shape index (κ2) is 9.47. The van der Waals surface area contributed by atoms with Crippen LogP contribution in [0.5, 0.6) is 0 Å². The predicted octanol–water partition coefficient (Wildman–Crippen LogP) is 0.497. The molecular weight excluding hydrogens is 440 g/mol. The van der Waals surface area contributed by atoms with Gasteiger partial charge in [0.05, 0.1) is 24.7 Å². The third kappa shape index (κ3) is 4.70. The van der Waals surface area contributed by atoms with Crippen LogP contribution in [0.25, 0.3) is 11.0 Å². The molecular formula is C19H21ClN8O4. The second-order valence-corrected chi connectivity index (χ2v) is 6.91. The second-order valence-electron chi connectivity index (χ2n) is 6.55. The molecule has 32 heavy (non-hydrogen) atoms. The van der Waals surface area contributed by atoms with Gasteiger partial charge in [0.2, 0.25) is 0 Å². The Morgan fingerprint density at radius 3 is 2.53 bits per heavy atom. The molecule has 3 aromatic rings. The van der Waals surface area contributed by atoms with Crippen molar-refractivity contribution in [1.82, 2.24) is 30.2 Å². The van der Waals surface area contributed by atoms with E-state index in [0.29, 0.717) is 29.0 Å². The average Bonchev–Trinajstić information content (AvgIpc) is 3.14. The molecule has 0 fully saturated rings. The number of amides is 2. The minimum absolute atomic E-state index is 0.0638. The van der Waals surface area contributed by atoms with Gasteiger partial charge in [-0.15, -0.1) is 0 Å². The Balaban J connectivity index is 1.80. The first-order valence-electron chi connectivity index (χ1n) is 9.46. The number of nitrogens with zero attached hydrogens (tertiary/aromatic N) is 4. The SMILES string of the molecule is CCn1c(CNC(=O)c2nc(Cl)c(N)nc2N)nc2ccc(C(=O)NCC(=O)OC)cc21. The van der Waals surface area contributed by atoms with E-state index < -0.39 is 17.8 Å². The van der Waals surface area contributed by atoms with Crippen molar-refractivity contribution in [3.8, 4) is 0 Å². The number of halogens is 1. The van der Waals surface area contributed by atoms with E-state index in [9.17, 15) is 14.4 Å². The standard InChI is InChI=1S/C19H21ClN8O4/c1-3-28-11-6-9(18(30)24-8-13(29)32-2)4-5-10(11)25-12(28)7-23-19(31)14-16(21)27-17(22)15(20)26-14/h4-6H,3,7-8H2,1-2H3,(H,23,31)(H,24,30)(H4,21,22,27). The van der Waals surface area contributed by atoms with E-state index in [1.807, 2.05) is 11.5 Å². The smallest absolute Gasteiger partial charge is 0.325 e. The van der Waals surface area contributed by atoms with Crippen molar-refractivity contribution in [3.63, 3.8) is 0 Å². The lowest BCUT2D eigenvalue weighted by molar-refractivity contribution is -0.139. The van der Waals surface area contributed by atoms with Gasteiger partial charge < -0.3 is 31.4 Å². The van der Waals surface area contributed by atoms with Gasteiger partial charge in [0.15, 0.2) is 22.5 Å². The highest BCUT2D eigenvalue weighted by Crippen LogP contribution is 2.20. The van der Waals surface area contributed by atoms with Crippen LogP contribution in [0, 0.1) is 0 Å². The van der Waals surface area contributed by atoms with E-state index in [4.69, 9.17) is 23.1 Å². The number of aryl methyl sites for hydroxylation is 1. The molecule has 0 saturated carbocycles. The van der Waals surface area contributed by atoms with Crippen LogP contribution in [0.15, 0.2) is 18.2 Å². The lowest BCUT2D eigenvalue weighted by Gasteiger charge is -2.09. The van der Waals surface area contributed by atoms with E-state index in [1.165, 1.54) is 7.11 Å². The molecule has 6 N–H and O–H groups in total. The molecule has 168 valence electrons. The number of fused-ring (bicyclic) bond motifs is 1. The Bertz CT molecular complexity index is 1210. The Labute approximate surface area is 187 Å². The lowest BCUT2D eigenvalue weighted by Crippen LogP contribution is -2.30. The van der Waals surface area contributed by atoms with Gasteiger partial charge in [-0.3, -0.25) is 14.4 Å². The number of rotatable bonds is 7. The summed E-state index contributed by atoms with van der Waals surface area (Å²) in [7, 11) is 1.24. The number of hydrogen-bond acceptors (Lipinski definition) is 9. The number of carbonyl (C=O) groups is 3. The van der Waals surface area contributed by atoms with Crippen LogP contribution in [-0.2, 0) is 22.6 Å². The normalized spacial score (nSPS) is 10.7. The van der Waals surface area contributed by atoms with Crippen LogP contribution >= 0.6 is 11.6 Å². The largest absolute Gasteiger partial charge is 0.468 e. The Kier molecular flexibility index (Phi) is 6.73. The van der Waals surface area contributed by atoms with Gasteiger partial charge in [-0.05, 0) is 25.1 Å². The molecule has 12 nitrogen and oxygen atoms in total. The van der Waals surface area contributed by atoms with E-state index in [0.717, 1.165) is 0 Å². The molecule has 0 aliphatic carbocycles. The maximum atomic E-state index is 12.5. The molecule has 1 aromatic carbocycles. The van der Waals surface area contributed by atoms with Crippen LogP contribution in [0.3, 0.4) is 0 Å². The van der Waals surface area contributed by atoms with Gasteiger partial charge in [-0.25, -0.2) is 15.0 Å². The summed E-state index contributed by atoms with van der Waals surface area (Å²) in [4.78, 5) is 48.2. The number of carbonyl (C=O) groups excluding carboxylic acids is 3. The highest BCUT2D eigenvalue weighted by Gasteiger charge is 2.18. The molecule has 0 radical (unpaired) electrons. The first-order chi connectivity index (χ1) is 15.2. The van der Waals surface area contributed by atoms with Crippen molar-refractivity contribution >= 4 is 52.1 Å². The van der Waals surface area contributed by atoms with Crippen LogP contribution < -0.4 is 22.1 Å². The molecule has 0 aliphatic heterocycles. The zero-order chi connectivity index (χ0) is 23.4. The fourth-order valence-corrected chi connectivity index (χ4v) is 3.11. The zero-order valence-electron chi connectivity index (χ0n) is 17.3. The van der Waals surface area contributed by atoms with Crippen molar-refractivity contribution in [3.05, 3.63) is 40.4 Å². The monoisotopic (exact) mass is 460 g/mol. The number of nitrogens with one attached hydrogen (secondary N) is 2. The summed E-state index contributed by atoms with van der Waals surface area (Å²) in [5.74, 6) is -1.23. The molecule has 13 heteroatoms. The van der Waals surface area contributed by atoms with E-state index in [-0.39, 0.29) is 35.6 Å². The van der Waals surface area contributed by atoms with Crippen LogP contribution in [-0.4, -0.2) is 51.0 Å². The van der Waals surface area contributed by atoms with Crippen LogP contribution in [0.4, 0.5) is 11.6 Å². The summed E-state index contributed by atoms with van der Waals surface area (Å²) >= 11 is 5.83. The maximum Gasteiger partial charge on any atom is 0.325 e. The Hall–Kier alpha value is -3.93.